The van der Waals surface area contributed by atoms with Gasteiger partial charge in [0.15, 0.2) is 5.13 Å². The monoisotopic (exact) mass is 454 g/mol. The van der Waals surface area contributed by atoms with Crippen molar-refractivity contribution in [3.63, 3.8) is 0 Å². The van der Waals surface area contributed by atoms with Gasteiger partial charge in [-0.05, 0) is 31.8 Å². The third-order valence-electron chi connectivity index (χ3n) is 4.04. The van der Waals surface area contributed by atoms with E-state index in [-0.39, 0.29) is 16.2 Å². The third-order valence-corrected chi connectivity index (χ3v) is 6.53. The van der Waals surface area contributed by atoms with Crippen molar-refractivity contribution >= 4 is 43.8 Å². The maximum absolute atomic E-state index is 14.7. The van der Waals surface area contributed by atoms with Gasteiger partial charge in [0.05, 0.1) is 16.8 Å². The highest BCUT2D eigenvalue weighted by atomic mass is 35.5. The molecule has 10 heteroatoms. The Morgan fingerprint density at radius 1 is 1.24 bits per heavy atom. The number of benzene rings is 2. The highest BCUT2D eigenvalue weighted by molar-refractivity contribution is 7.93. The maximum Gasteiger partial charge on any atom is 0.266 e. The lowest BCUT2D eigenvalue weighted by molar-refractivity contribution is 0.387. The van der Waals surface area contributed by atoms with E-state index in [9.17, 15) is 12.8 Å². The molecule has 0 bridgehead atoms. The molecule has 0 unspecified atom stereocenters. The second-order valence-corrected chi connectivity index (χ2v) is 9.53. The zero-order chi connectivity index (χ0) is 21.0. The minimum atomic E-state index is -4.15. The quantitative estimate of drug-likeness (QED) is 0.526. The Hall–Kier alpha value is -2.20. The molecule has 1 atom stereocenters. The van der Waals surface area contributed by atoms with Crippen LogP contribution in [0.25, 0.3) is 0 Å². The van der Waals surface area contributed by atoms with Gasteiger partial charge in [0.1, 0.15) is 10.7 Å². The Kier molecular flexibility index (Phi) is 6.74. The van der Waals surface area contributed by atoms with Gasteiger partial charge in [0.2, 0.25) is 0 Å². The molecule has 0 amide bonds. The van der Waals surface area contributed by atoms with Gasteiger partial charge in [-0.25, -0.2) is 17.8 Å². The molecule has 0 aliphatic heterocycles. The van der Waals surface area contributed by atoms with E-state index in [1.807, 2.05) is 49.3 Å². The van der Waals surface area contributed by atoms with Gasteiger partial charge >= 0.3 is 0 Å². The van der Waals surface area contributed by atoms with E-state index in [4.69, 9.17) is 11.6 Å². The van der Waals surface area contributed by atoms with Gasteiger partial charge < -0.3 is 10.2 Å². The van der Waals surface area contributed by atoms with Crippen LogP contribution in [-0.2, 0) is 10.0 Å². The van der Waals surface area contributed by atoms with E-state index in [1.165, 1.54) is 6.20 Å². The molecule has 154 valence electrons. The Morgan fingerprint density at radius 3 is 2.59 bits per heavy atom. The van der Waals surface area contributed by atoms with E-state index in [0.29, 0.717) is 12.2 Å². The van der Waals surface area contributed by atoms with Crippen molar-refractivity contribution in [2.75, 3.05) is 30.7 Å². The number of sulfonamides is 1. The first-order chi connectivity index (χ1) is 13.8. The number of likely N-dealkylation sites (N-methyl/N-ethyl adjacent to an activating group) is 1. The molecule has 6 nitrogen and oxygen atoms in total. The molecule has 0 radical (unpaired) electrons. The topological polar surface area (TPSA) is 74.3 Å². The normalized spacial score (nSPS) is 12.7. The first-order valence-electron chi connectivity index (χ1n) is 8.64. The van der Waals surface area contributed by atoms with Crippen LogP contribution in [0.1, 0.15) is 11.6 Å². The molecule has 3 aromatic rings. The van der Waals surface area contributed by atoms with Crippen LogP contribution in [0.5, 0.6) is 0 Å². The summed E-state index contributed by atoms with van der Waals surface area (Å²) in [5.41, 5.74) is 1.31. The van der Waals surface area contributed by atoms with Gasteiger partial charge in [-0.3, -0.25) is 4.72 Å². The van der Waals surface area contributed by atoms with E-state index < -0.39 is 20.7 Å². The summed E-state index contributed by atoms with van der Waals surface area (Å²) < 4.78 is 42.0. The Balaban J connectivity index is 1.90. The number of rotatable bonds is 8. The van der Waals surface area contributed by atoms with Crippen LogP contribution in [0.2, 0.25) is 5.02 Å². The van der Waals surface area contributed by atoms with Crippen molar-refractivity contribution in [1.82, 2.24) is 9.88 Å². The predicted octanol–water partition coefficient (Wildman–Crippen LogP) is 4.45. The number of nitrogens with zero attached hydrogens (tertiary/aromatic N) is 2. The van der Waals surface area contributed by atoms with Gasteiger partial charge in [-0.15, -0.1) is 11.3 Å². The van der Waals surface area contributed by atoms with Crippen LogP contribution in [-0.4, -0.2) is 38.9 Å². The molecule has 29 heavy (non-hydrogen) atoms. The van der Waals surface area contributed by atoms with Crippen LogP contribution in [0.3, 0.4) is 0 Å². The molecule has 0 saturated carbocycles. The maximum atomic E-state index is 14.7. The van der Waals surface area contributed by atoms with E-state index in [2.05, 4.69) is 15.0 Å². The molecule has 0 fully saturated rings. The lowest BCUT2D eigenvalue weighted by atomic mass is 10.1. The van der Waals surface area contributed by atoms with Crippen molar-refractivity contribution in [3.05, 3.63) is 70.4 Å². The third kappa shape index (κ3) is 5.45. The molecule has 3 rings (SSSR count). The van der Waals surface area contributed by atoms with E-state index in [0.717, 1.165) is 29.0 Å². The first kappa shape index (κ1) is 21.5. The lowest BCUT2D eigenvalue weighted by Gasteiger charge is -2.24. The summed E-state index contributed by atoms with van der Waals surface area (Å²) >= 11 is 7.40. The zero-order valence-corrected chi connectivity index (χ0v) is 18.2. The number of hydrogen-bond acceptors (Lipinski definition) is 6. The molecule has 2 aromatic carbocycles. The summed E-state index contributed by atoms with van der Waals surface area (Å²) in [6.07, 6.45) is 1.45. The average molecular weight is 455 g/mol. The van der Waals surface area contributed by atoms with Crippen molar-refractivity contribution in [1.29, 1.82) is 0 Å². The first-order valence-corrected chi connectivity index (χ1v) is 11.4. The second-order valence-electron chi connectivity index (χ2n) is 6.58. The zero-order valence-electron chi connectivity index (χ0n) is 15.8. The number of thiazole rings is 1. The fourth-order valence-corrected chi connectivity index (χ4v) is 4.92. The average Bonchev–Trinajstić information content (AvgIpc) is 3.16. The molecular formula is C19H20ClFN4O2S2. The van der Waals surface area contributed by atoms with Gasteiger partial charge in [0, 0.05) is 18.1 Å². The number of nitrogens with one attached hydrogen (secondary N) is 2. The van der Waals surface area contributed by atoms with Crippen molar-refractivity contribution in [3.8, 4) is 0 Å². The largest absolute Gasteiger partial charge is 0.376 e. The number of anilines is 2. The summed E-state index contributed by atoms with van der Waals surface area (Å²) in [7, 11) is -0.290. The van der Waals surface area contributed by atoms with Crippen molar-refractivity contribution in [2.24, 2.45) is 0 Å². The highest BCUT2D eigenvalue weighted by Gasteiger charge is 2.23. The Labute approximate surface area is 178 Å². The van der Waals surface area contributed by atoms with Crippen molar-refractivity contribution in [2.45, 2.75) is 10.9 Å². The summed E-state index contributed by atoms with van der Waals surface area (Å²) in [5.74, 6) is -0.905. The highest BCUT2D eigenvalue weighted by Crippen LogP contribution is 2.32. The number of halogens is 2. The molecule has 1 heterocycles. The molecule has 0 spiro atoms. The van der Waals surface area contributed by atoms with Gasteiger partial charge in [-0.2, -0.15) is 0 Å². The minimum Gasteiger partial charge on any atom is -0.376 e. The molecular weight excluding hydrogens is 435 g/mol. The molecule has 0 saturated heterocycles. The summed E-state index contributed by atoms with van der Waals surface area (Å²) in [5, 5.41) is 5.09. The van der Waals surface area contributed by atoms with Crippen LogP contribution >= 0.6 is 22.9 Å². The summed E-state index contributed by atoms with van der Waals surface area (Å²) in [6.45, 7) is 0.633. The smallest absolute Gasteiger partial charge is 0.266 e. The Morgan fingerprint density at radius 2 is 1.97 bits per heavy atom. The van der Waals surface area contributed by atoms with E-state index >= 15 is 0 Å². The van der Waals surface area contributed by atoms with Gasteiger partial charge in [-0.1, -0.05) is 41.9 Å². The molecule has 1 aromatic heterocycles. The molecule has 0 aliphatic carbocycles. The minimum absolute atomic E-state index is 0.102. The fourth-order valence-electron chi connectivity index (χ4n) is 2.76. The number of aromatic nitrogens is 1. The molecule has 2 N–H and O–H groups in total. The van der Waals surface area contributed by atoms with Crippen molar-refractivity contribution < 1.29 is 12.8 Å². The van der Waals surface area contributed by atoms with Crippen LogP contribution in [0.4, 0.5) is 15.2 Å². The van der Waals surface area contributed by atoms with E-state index in [1.54, 1.807) is 5.38 Å². The standard InChI is InChI=1S/C19H20ClFN4O2S2/c1-25(2)12-17(13-6-4-3-5-7-13)23-16-11-15(21)18(10-14(16)20)29(26,27)24-19-22-8-9-28-19/h3-11,17,23H,12H2,1-2H3,(H,22,24)/t17-/m1/s1. The van der Waals surface area contributed by atoms with Crippen LogP contribution in [0.15, 0.2) is 58.9 Å². The predicted molar refractivity (Wildman–Crippen MR) is 116 cm³/mol. The SMILES string of the molecule is CN(C)C[C@@H](Nc1cc(F)c(S(=O)(=O)Nc2nccs2)cc1Cl)c1ccccc1. The summed E-state index contributed by atoms with van der Waals surface area (Å²) in [6, 6.07) is 11.7. The van der Waals surface area contributed by atoms with Gasteiger partial charge in [0.25, 0.3) is 10.0 Å². The van der Waals surface area contributed by atoms with Crippen LogP contribution in [0, 0.1) is 5.82 Å². The lowest BCUT2D eigenvalue weighted by Crippen LogP contribution is -2.26. The molecule has 0 aliphatic rings. The fraction of sp³-hybridized carbons (Fsp3) is 0.211. The van der Waals surface area contributed by atoms with Crippen LogP contribution < -0.4 is 10.0 Å². The second kappa shape index (κ2) is 9.08. The Bertz CT molecular complexity index is 1060. The summed E-state index contributed by atoms with van der Waals surface area (Å²) in [4.78, 5) is 5.31. The number of hydrogen-bond donors (Lipinski definition) is 2.